The highest BCUT2D eigenvalue weighted by atomic mass is 32.2. The topological polar surface area (TPSA) is 142 Å². The second-order valence-corrected chi connectivity index (χ2v) is 12.0. The van der Waals surface area contributed by atoms with Crippen LogP contribution in [-0.2, 0) is 42.9 Å². The molecule has 0 aromatic heterocycles. The van der Waals surface area contributed by atoms with Gasteiger partial charge in [-0.1, -0.05) is 33.6 Å². The van der Waals surface area contributed by atoms with Crippen LogP contribution in [0.5, 0.6) is 0 Å². The highest BCUT2D eigenvalue weighted by molar-refractivity contribution is 7.99. The summed E-state index contributed by atoms with van der Waals surface area (Å²) in [6, 6.07) is 0. The number of hydrogen-bond donors (Lipinski definition) is 1. The van der Waals surface area contributed by atoms with Crippen molar-refractivity contribution in [3.05, 3.63) is 0 Å². The molecule has 11 heteroatoms. The van der Waals surface area contributed by atoms with Gasteiger partial charge in [-0.2, -0.15) is 11.8 Å². The van der Waals surface area contributed by atoms with Crippen LogP contribution in [0.1, 0.15) is 93.4 Å². The Labute approximate surface area is 237 Å². The predicted molar refractivity (Wildman–Crippen MR) is 148 cm³/mol. The van der Waals surface area contributed by atoms with Gasteiger partial charge in [0.15, 0.2) is 6.10 Å². The summed E-state index contributed by atoms with van der Waals surface area (Å²) in [4.78, 5) is 59.8. The number of esters is 4. The van der Waals surface area contributed by atoms with Crippen molar-refractivity contribution in [3.63, 3.8) is 0 Å². The van der Waals surface area contributed by atoms with Gasteiger partial charge in [0, 0.05) is 11.5 Å². The number of carbonyl (C=O) groups excluding carboxylic acids is 4. The fraction of sp³-hybridized carbons (Fsp3) is 0.821. The molecule has 0 rings (SSSR count). The molecule has 226 valence electrons. The Balaban J connectivity index is 4.69. The second kappa shape index (κ2) is 18.9. The van der Waals surface area contributed by atoms with E-state index in [1.165, 1.54) is 11.8 Å². The average Bonchev–Trinajstić information content (AvgIpc) is 2.88. The van der Waals surface area contributed by atoms with E-state index in [1.807, 2.05) is 20.8 Å². The van der Waals surface area contributed by atoms with Gasteiger partial charge in [0.25, 0.3) is 0 Å². The molecule has 39 heavy (non-hydrogen) atoms. The molecule has 0 aromatic rings. The van der Waals surface area contributed by atoms with E-state index in [0.717, 1.165) is 19.3 Å². The Hall–Kier alpha value is -2.30. The summed E-state index contributed by atoms with van der Waals surface area (Å²) < 4.78 is 21.2. The molecular weight excluding hydrogens is 528 g/mol. The Kier molecular flexibility index (Phi) is 17.8. The third-order valence-electron chi connectivity index (χ3n) is 6.30. The maximum absolute atomic E-state index is 12.5. The van der Waals surface area contributed by atoms with Crippen LogP contribution in [0.3, 0.4) is 0 Å². The summed E-state index contributed by atoms with van der Waals surface area (Å²) in [5, 5.41) is 8.75. The molecule has 1 N–H and O–H groups in total. The molecule has 0 saturated heterocycles. The maximum Gasteiger partial charge on any atom is 0.312 e. The third kappa shape index (κ3) is 16.4. The lowest BCUT2D eigenvalue weighted by Crippen LogP contribution is -2.34. The second-order valence-electron chi connectivity index (χ2n) is 10.9. The fourth-order valence-corrected chi connectivity index (χ4v) is 4.16. The zero-order chi connectivity index (χ0) is 30.1. The van der Waals surface area contributed by atoms with Crippen molar-refractivity contribution in [2.45, 2.75) is 99.5 Å². The highest BCUT2D eigenvalue weighted by Gasteiger charge is 2.31. The van der Waals surface area contributed by atoms with Crippen LogP contribution in [0.2, 0.25) is 0 Å². The molecule has 0 bridgehead atoms. The summed E-state index contributed by atoms with van der Waals surface area (Å²) in [6.45, 7) is 12.8. The van der Waals surface area contributed by atoms with Gasteiger partial charge in [-0.05, 0) is 46.5 Å². The van der Waals surface area contributed by atoms with E-state index in [9.17, 15) is 24.0 Å². The molecule has 0 radical (unpaired) electrons. The monoisotopic (exact) mass is 576 g/mol. The van der Waals surface area contributed by atoms with Crippen LogP contribution >= 0.6 is 11.8 Å². The molecular formula is C28H48O10S. The number of rotatable bonds is 21. The van der Waals surface area contributed by atoms with E-state index in [2.05, 4.69) is 13.8 Å². The van der Waals surface area contributed by atoms with Crippen molar-refractivity contribution in [2.24, 2.45) is 16.7 Å². The average molecular weight is 577 g/mol. The van der Waals surface area contributed by atoms with Crippen LogP contribution in [0, 0.1) is 16.7 Å². The Morgan fingerprint density at radius 3 is 1.92 bits per heavy atom. The summed E-state index contributed by atoms with van der Waals surface area (Å²) in [7, 11) is 0. The number of hydrogen-bond acceptors (Lipinski definition) is 10. The van der Waals surface area contributed by atoms with Crippen molar-refractivity contribution in [2.75, 3.05) is 31.3 Å². The van der Waals surface area contributed by atoms with Crippen molar-refractivity contribution in [1.82, 2.24) is 0 Å². The number of carboxylic acid groups (broad SMARTS) is 1. The smallest absolute Gasteiger partial charge is 0.312 e. The summed E-state index contributed by atoms with van der Waals surface area (Å²) in [5.41, 5.74) is -1.44. The molecule has 0 spiro atoms. The zero-order valence-corrected chi connectivity index (χ0v) is 25.5. The third-order valence-corrected chi connectivity index (χ3v) is 7.72. The first-order chi connectivity index (χ1) is 18.2. The number of aliphatic carboxylic acids is 1. The quantitative estimate of drug-likeness (QED) is 0.114. The highest BCUT2D eigenvalue weighted by Crippen LogP contribution is 2.25. The van der Waals surface area contributed by atoms with E-state index in [4.69, 9.17) is 24.1 Å². The standard InChI is InChI=1S/C28H48O10S/c1-8-11-20(9-2)16-36-26(34)28(6,7)19-39-15-14-23(31)35-17-21(38-24(32)13-12-22(29)30)18-37-25(33)27(4,5)10-3/h20-21H,8-19H2,1-7H3,(H,29,30). The lowest BCUT2D eigenvalue weighted by atomic mass is 9.91. The minimum absolute atomic E-state index is 0.0620. The van der Waals surface area contributed by atoms with Crippen LogP contribution in [-0.4, -0.2) is 72.4 Å². The molecule has 0 aromatic carbocycles. The van der Waals surface area contributed by atoms with Crippen LogP contribution in [0.15, 0.2) is 0 Å². The Morgan fingerprint density at radius 1 is 0.769 bits per heavy atom. The van der Waals surface area contributed by atoms with Gasteiger partial charge >= 0.3 is 29.8 Å². The van der Waals surface area contributed by atoms with E-state index in [1.54, 1.807) is 13.8 Å². The molecule has 0 fully saturated rings. The van der Waals surface area contributed by atoms with Gasteiger partial charge < -0.3 is 24.1 Å². The first-order valence-corrected chi connectivity index (χ1v) is 14.8. The fourth-order valence-electron chi connectivity index (χ4n) is 3.08. The van der Waals surface area contributed by atoms with E-state index in [-0.39, 0.29) is 32.0 Å². The van der Waals surface area contributed by atoms with Gasteiger partial charge in [-0.25, -0.2) is 0 Å². The molecule has 0 aliphatic heterocycles. The van der Waals surface area contributed by atoms with Gasteiger partial charge in [-0.15, -0.1) is 0 Å². The minimum Gasteiger partial charge on any atom is -0.481 e. The molecule has 2 unspecified atom stereocenters. The zero-order valence-electron chi connectivity index (χ0n) is 24.7. The number of thioether (sulfide) groups is 1. The Morgan fingerprint density at radius 2 is 1.36 bits per heavy atom. The first kappa shape index (κ1) is 36.7. The SMILES string of the molecule is CCCC(CC)COC(=O)C(C)(C)CSCCC(=O)OCC(COC(=O)C(C)(C)CC)OC(=O)CCC(=O)O. The lowest BCUT2D eigenvalue weighted by molar-refractivity contribution is -0.170. The van der Waals surface area contributed by atoms with Gasteiger partial charge in [-0.3, -0.25) is 24.0 Å². The van der Waals surface area contributed by atoms with Gasteiger partial charge in [0.2, 0.25) is 0 Å². The van der Waals surface area contributed by atoms with Gasteiger partial charge in [0.1, 0.15) is 13.2 Å². The summed E-state index contributed by atoms with van der Waals surface area (Å²) in [5.74, 6) is -2.01. The first-order valence-electron chi connectivity index (χ1n) is 13.7. The normalized spacial score (nSPS) is 13.2. The van der Waals surface area contributed by atoms with Crippen LogP contribution < -0.4 is 0 Å². The van der Waals surface area contributed by atoms with E-state index >= 15 is 0 Å². The maximum atomic E-state index is 12.5. The largest absolute Gasteiger partial charge is 0.481 e. The number of carboxylic acids is 1. The molecule has 0 aliphatic rings. The van der Waals surface area contributed by atoms with Crippen molar-refractivity contribution in [1.29, 1.82) is 0 Å². The van der Waals surface area contributed by atoms with Crippen LogP contribution in [0.25, 0.3) is 0 Å². The van der Waals surface area contributed by atoms with Crippen molar-refractivity contribution >= 4 is 41.6 Å². The predicted octanol–water partition coefficient (Wildman–Crippen LogP) is 4.80. The number of ether oxygens (including phenoxy) is 4. The van der Waals surface area contributed by atoms with Crippen LogP contribution in [0.4, 0.5) is 0 Å². The van der Waals surface area contributed by atoms with E-state index < -0.39 is 47.2 Å². The molecule has 0 amide bonds. The summed E-state index contributed by atoms with van der Waals surface area (Å²) in [6.07, 6.45) is 1.78. The van der Waals surface area contributed by atoms with Crippen molar-refractivity contribution in [3.8, 4) is 0 Å². The lowest BCUT2D eigenvalue weighted by Gasteiger charge is -2.24. The minimum atomic E-state index is -1.15. The summed E-state index contributed by atoms with van der Waals surface area (Å²) >= 11 is 1.43. The molecule has 0 heterocycles. The molecule has 0 saturated carbocycles. The van der Waals surface area contributed by atoms with Gasteiger partial charge in [0.05, 0.1) is 36.7 Å². The molecule has 0 aliphatic carbocycles. The van der Waals surface area contributed by atoms with E-state index in [0.29, 0.717) is 30.5 Å². The number of carbonyl (C=O) groups is 5. The molecule has 2 atom stereocenters. The Bertz CT molecular complexity index is 793. The molecule has 10 nitrogen and oxygen atoms in total. The van der Waals surface area contributed by atoms with Crippen molar-refractivity contribution < 1.29 is 48.0 Å².